The molecule has 0 bridgehead atoms. The molecular weight excluding hydrogens is 162 g/mol. The molecule has 1 aromatic rings. The maximum atomic E-state index is 4.34. The average molecular weight is 179 g/mol. The number of hydrogen-bond donors (Lipinski definition) is 2. The van der Waals surface area contributed by atoms with Gasteiger partial charge in [0, 0.05) is 17.7 Å². The Labute approximate surface area is 78.9 Å². The minimum Gasteiger partial charge on any atom is -0.311 e. The summed E-state index contributed by atoms with van der Waals surface area (Å²) < 4.78 is 0. The van der Waals surface area contributed by atoms with Gasteiger partial charge in [-0.15, -0.1) is 0 Å². The van der Waals surface area contributed by atoms with Crippen molar-refractivity contribution < 1.29 is 0 Å². The lowest BCUT2D eigenvalue weighted by molar-refractivity contribution is 0.705. The van der Waals surface area contributed by atoms with Gasteiger partial charge in [0.05, 0.1) is 5.69 Å². The number of nitrogens with zero attached hydrogens (tertiary/aromatic N) is 1. The van der Waals surface area contributed by atoms with Crippen molar-refractivity contribution in [2.75, 3.05) is 6.54 Å². The molecule has 0 amide bonds. The fourth-order valence-electron chi connectivity index (χ4n) is 1.46. The first-order valence-electron chi connectivity index (χ1n) is 5.00. The van der Waals surface area contributed by atoms with Gasteiger partial charge in [0.2, 0.25) is 0 Å². The minimum atomic E-state index is 0.390. The highest BCUT2D eigenvalue weighted by Crippen LogP contribution is 2.46. The van der Waals surface area contributed by atoms with E-state index in [1.807, 2.05) is 0 Å². The molecule has 1 saturated carbocycles. The molecule has 0 saturated heterocycles. The van der Waals surface area contributed by atoms with Gasteiger partial charge in [-0.2, -0.15) is 5.10 Å². The first-order valence-corrected chi connectivity index (χ1v) is 5.00. The van der Waals surface area contributed by atoms with Crippen LogP contribution in [0.4, 0.5) is 0 Å². The Morgan fingerprint density at radius 1 is 1.62 bits per heavy atom. The molecule has 2 N–H and O–H groups in total. The van der Waals surface area contributed by atoms with E-state index < -0.39 is 0 Å². The van der Waals surface area contributed by atoms with E-state index in [9.17, 15) is 0 Å². The third kappa shape index (κ3) is 1.75. The monoisotopic (exact) mass is 179 g/mol. The molecule has 0 aliphatic heterocycles. The van der Waals surface area contributed by atoms with Gasteiger partial charge in [0.1, 0.15) is 0 Å². The van der Waals surface area contributed by atoms with E-state index >= 15 is 0 Å². The Balaban J connectivity index is 2.01. The topological polar surface area (TPSA) is 40.7 Å². The normalized spacial score (nSPS) is 18.9. The summed E-state index contributed by atoms with van der Waals surface area (Å²) in [7, 11) is 0. The third-order valence-corrected chi connectivity index (χ3v) is 2.81. The molecule has 1 fully saturated rings. The Hall–Kier alpha value is -0.830. The van der Waals surface area contributed by atoms with Crippen LogP contribution in [0.3, 0.4) is 0 Å². The van der Waals surface area contributed by atoms with Crippen LogP contribution in [0.2, 0.25) is 0 Å². The molecule has 3 nitrogen and oxygen atoms in total. The second kappa shape index (κ2) is 3.14. The largest absolute Gasteiger partial charge is 0.311 e. The lowest BCUT2D eigenvalue weighted by atomic mass is 10.1. The summed E-state index contributed by atoms with van der Waals surface area (Å²) in [5.74, 6) is 0. The number of aromatic amines is 1. The SMILES string of the molecule is CCNCc1cc(C2(C)CC2)n[nH]1. The summed E-state index contributed by atoms with van der Waals surface area (Å²) >= 11 is 0. The highest BCUT2D eigenvalue weighted by Gasteiger charge is 2.41. The summed E-state index contributed by atoms with van der Waals surface area (Å²) in [6.45, 7) is 6.30. The van der Waals surface area contributed by atoms with Gasteiger partial charge in [0.25, 0.3) is 0 Å². The van der Waals surface area contributed by atoms with Gasteiger partial charge in [0.15, 0.2) is 0 Å². The van der Waals surface area contributed by atoms with Crippen LogP contribution >= 0.6 is 0 Å². The smallest absolute Gasteiger partial charge is 0.0684 e. The van der Waals surface area contributed by atoms with E-state index in [0.29, 0.717) is 5.41 Å². The number of rotatable bonds is 4. The fourth-order valence-corrected chi connectivity index (χ4v) is 1.46. The van der Waals surface area contributed by atoms with Crippen LogP contribution in [0.1, 0.15) is 38.1 Å². The van der Waals surface area contributed by atoms with Crippen LogP contribution in [0.25, 0.3) is 0 Å². The van der Waals surface area contributed by atoms with E-state index in [0.717, 1.165) is 13.1 Å². The molecule has 72 valence electrons. The summed E-state index contributed by atoms with van der Waals surface area (Å²) in [6.07, 6.45) is 2.58. The average Bonchev–Trinajstić information content (AvgIpc) is 2.69. The molecule has 0 spiro atoms. The molecule has 1 aliphatic rings. The van der Waals surface area contributed by atoms with Crippen molar-refractivity contribution in [2.24, 2.45) is 0 Å². The molecule has 0 unspecified atom stereocenters. The molecule has 0 radical (unpaired) electrons. The lowest BCUT2D eigenvalue weighted by Crippen LogP contribution is -2.11. The zero-order valence-corrected chi connectivity index (χ0v) is 8.35. The van der Waals surface area contributed by atoms with Crippen LogP contribution in [0, 0.1) is 0 Å². The summed E-state index contributed by atoms with van der Waals surface area (Å²) in [6, 6.07) is 2.19. The standard InChI is InChI=1S/C10H17N3/c1-3-11-7-8-6-9(13-12-8)10(2)4-5-10/h6,11H,3-5,7H2,1-2H3,(H,12,13). The Bertz CT molecular complexity index is 286. The van der Waals surface area contributed by atoms with Crippen molar-refractivity contribution in [1.82, 2.24) is 15.5 Å². The number of H-pyrrole nitrogens is 1. The Morgan fingerprint density at radius 3 is 3.00 bits per heavy atom. The quantitative estimate of drug-likeness (QED) is 0.736. The molecule has 1 aliphatic carbocycles. The first kappa shape index (κ1) is 8.75. The number of nitrogens with one attached hydrogen (secondary N) is 2. The molecule has 13 heavy (non-hydrogen) atoms. The van der Waals surface area contributed by atoms with Crippen LogP contribution in [-0.4, -0.2) is 16.7 Å². The molecule has 3 heteroatoms. The van der Waals surface area contributed by atoms with Crippen molar-refractivity contribution in [2.45, 2.75) is 38.6 Å². The van der Waals surface area contributed by atoms with Crippen LogP contribution in [0.15, 0.2) is 6.07 Å². The lowest BCUT2D eigenvalue weighted by Gasteiger charge is -2.00. The molecule has 0 atom stereocenters. The zero-order valence-electron chi connectivity index (χ0n) is 8.35. The van der Waals surface area contributed by atoms with Crippen LogP contribution in [0.5, 0.6) is 0 Å². The molecule has 2 rings (SSSR count). The van der Waals surface area contributed by atoms with Gasteiger partial charge in [-0.3, -0.25) is 5.10 Å². The van der Waals surface area contributed by atoms with Gasteiger partial charge < -0.3 is 5.32 Å². The summed E-state index contributed by atoms with van der Waals surface area (Å²) in [4.78, 5) is 0. The highest BCUT2D eigenvalue weighted by molar-refractivity contribution is 5.24. The Kier molecular flexibility index (Phi) is 2.12. The van der Waals surface area contributed by atoms with Crippen LogP contribution < -0.4 is 5.32 Å². The number of hydrogen-bond acceptors (Lipinski definition) is 2. The van der Waals surface area contributed by atoms with Gasteiger partial charge >= 0.3 is 0 Å². The predicted molar refractivity (Wildman–Crippen MR) is 52.6 cm³/mol. The fraction of sp³-hybridized carbons (Fsp3) is 0.700. The minimum absolute atomic E-state index is 0.390. The second-order valence-corrected chi connectivity index (χ2v) is 4.12. The predicted octanol–water partition coefficient (Wildman–Crippen LogP) is 1.57. The van der Waals surface area contributed by atoms with Crippen molar-refractivity contribution in [3.63, 3.8) is 0 Å². The van der Waals surface area contributed by atoms with Crippen LogP contribution in [-0.2, 0) is 12.0 Å². The maximum absolute atomic E-state index is 4.34. The van der Waals surface area contributed by atoms with E-state index in [4.69, 9.17) is 0 Å². The molecular formula is C10H17N3. The molecule has 1 aromatic heterocycles. The van der Waals surface area contributed by atoms with Crippen molar-refractivity contribution in [1.29, 1.82) is 0 Å². The van der Waals surface area contributed by atoms with Gasteiger partial charge in [-0.25, -0.2) is 0 Å². The highest BCUT2D eigenvalue weighted by atomic mass is 15.1. The summed E-state index contributed by atoms with van der Waals surface area (Å²) in [5, 5.41) is 10.7. The van der Waals surface area contributed by atoms with Gasteiger partial charge in [-0.1, -0.05) is 13.8 Å². The van der Waals surface area contributed by atoms with Crippen molar-refractivity contribution >= 4 is 0 Å². The van der Waals surface area contributed by atoms with Crippen molar-refractivity contribution in [3.8, 4) is 0 Å². The van der Waals surface area contributed by atoms with E-state index in [-0.39, 0.29) is 0 Å². The van der Waals surface area contributed by atoms with Gasteiger partial charge in [-0.05, 0) is 25.5 Å². The van der Waals surface area contributed by atoms with Crippen molar-refractivity contribution in [3.05, 3.63) is 17.5 Å². The summed E-state index contributed by atoms with van der Waals surface area (Å²) in [5.41, 5.74) is 2.83. The van der Waals surface area contributed by atoms with E-state index in [1.54, 1.807) is 0 Å². The van der Waals surface area contributed by atoms with E-state index in [2.05, 4.69) is 35.4 Å². The third-order valence-electron chi connectivity index (χ3n) is 2.81. The maximum Gasteiger partial charge on any atom is 0.0684 e. The first-order chi connectivity index (χ1) is 6.24. The second-order valence-electron chi connectivity index (χ2n) is 4.12. The molecule has 0 aromatic carbocycles. The Morgan fingerprint density at radius 2 is 2.38 bits per heavy atom. The zero-order chi connectivity index (χ0) is 9.31. The molecule has 1 heterocycles. The number of aromatic nitrogens is 2. The van der Waals surface area contributed by atoms with E-state index in [1.165, 1.54) is 24.2 Å².